The van der Waals surface area contributed by atoms with Crippen LogP contribution in [0, 0.1) is 0 Å². The van der Waals surface area contributed by atoms with E-state index in [1.54, 1.807) is 0 Å². The van der Waals surface area contributed by atoms with Gasteiger partial charge in [0.1, 0.15) is 0 Å². The fourth-order valence-electron chi connectivity index (χ4n) is 0.977. The van der Waals surface area contributed by atoms with Gasteiger partial charge in [0.2, 0.25) is 0 Å². The van der Waals surface area contributed by atoms with Crippen LogP contribution in [0.4, 0.5) is 0 Å². The largest absolute Gasteiger partial charge is 0.326 e. The molecule has 0 aliphatic heterocycles. The lowest BCUT2D eigenvalue weighted by molar-refractivity contribution is 1.04. The Morgan fingerprint density at radius 3 is 2.33 bits per heavy atom. The lowest BCUT2D eigenvalue weighted by Crippen LogP contribution is -1.95. The van der Waals surface area contributed by atoms with Crippen LogP contribution in [0.25, 0.3) is 0 Å². The molecule has 0 aromatic heterocycles. The lowest BCUT2D eigenvalue weighted by atomic mass is 10.1. The highest BCUT2D eigenvalue weighted by Gasteiger charge is 1.90. The first-order valence-corrected chi connectivity index (χ1v) is 4.09. The molecule has 1 rings (SSSR count). The lowest BCUT2D eigenvalue weighted by Gasteiger charge is -1.98. The number of hydrogen-bond acceptors (Lipinski definition) is 2. The molecule has 0 amide bonds. The normalized spacial score (nSPS) is 10.8. The maximum atomic E-state index is 5.47. The fraction of sp³-hybridized carbons (Fsp3) is 0.300. The molecule has 0 spiro atoms. The van der Waals surface area contributed by atoms with E-state index in [4.69, 9.17) is 5.73 Å². The van der Waals surface area contributed by atoms with Crippen LogP contribution >= 0.6 is 0 Å². The quantitative estimate of drug-likeness (QED) is 0.675. The number of benzene rings is 1. The third-order valence-electron chi connectivity index (χ3n) is 1.72. The van der Waals surface area contributed by atoms with Gasteiger partial charge in [0.15, 0.2) is 0 Å². The van der Waals surface area contributed by atoms with Crippen molar-refractivity contribution in [3.05, 3.63) is 35.4 Å². The second kappa shape index (κ2) is 4.67. The third-order valence-corrected chi connectivity index (χ3v) is 1.72. The molecule has 0 saturated heterocycles. The summed E-state index contributed by atoms with van der Waals surface area (Å²) in [6.45, 7) is 3.30. The van der Waals surface area contributed by atoms with Gasteiger partial charge >= 0.3 is 0 Å². The minimum Gasteiger partial charge on any atom is -0.326 e. The highest BCUT2D eigenvalue weighted by molar-refractivity contribution is 5.53. The number of aliphatic imine (C=N–C) groups is 1. The zero-order chi connectivity index (χ0) is 8.81. The van der Waals surface area contributed by atoms with E-state index < -0.39 is 0 Å². The van der Waals surface area contributed by atoms with E-state index in [-0.39, 0.29) is 0 Å². The minimum atomic E-state index is 0.608. The van der Waals surface area contributed by atoms with E-state index in [1.165, 1.54) is 11.1 Å². The second-order valence-corrected chi connectivity index (χ2v) is 2.62. The molecule has 2 nitrogen and oxygen atoms in total. The van der Waals surface area contributed by atoms with Crippen molar-refractivity contribution in [1.82, 2.24) is 0 Å². The van der Waals surface area contributed by atoms with Gasteiger partial charge in [0.25, 0.3) is 0 Å². The Morgan fingerprint density at radius 2 is 1.83 bits per heavy atom. The Morgan fingerprint density at radius 1 is 1.25 bits per heavy atom. The van der Waals surface area contributed by atoms with E-state index in [1.807, 2.05) is 25.3 Å². The molecule has 2 N–H and O–H groups in total. The van der Waals surface area contributed by atoms with Crippen LogP contribution in [-0.4, -0.2) is 6.21 Å². The molecule has 0 atom stereocenters. The first-order valence-electron chi connectivity index (χ1n) is 4.09. The molecule has 1 aromatic rings. The van der Waals surface area contributed by atoms with Gasteiger partial charge < -0.3 is 5.73 Å². The van der Waals surface area contributed by atoms with Crippen molar-refractivity contribution in [2.75, 3.05) is 0 Å². The Labute approximate surface area is 73.1 Å². The number of nitrogens with two attached hydrogens (primary N) is 1. The van der Waals surface area contributed by atoms with E-state index in [0.29, 0.717) is 6.54 Å². The van der Waals surface area contributed by atoms with E-state index in [2.05, 4.69) is 17.1 Å². The molecule has 0 saturated carbocycles. The molecular formula is C10H14N2. The first kappa shape index (κ1) is 8.94. The van der Waals surface area contributed by atoms with Crippen molar-refractivity contribution < 1.29 is 0 Å². The van der Waals surface area contributed by atoms with Crippen molar-refractivity contribution in [1.29, 1.82) is 0 Å². The maximum absolute atomic E-state index is 5.47. The van der Waals surface area contributed by atoms with Gasteiger partial charge in [-0.25, -0.2) is 0 Å². The summed E-state index contributed by atoms with van der Waals surface area (Å²) in [4.78, 5) is 4.14. The van der Waals surface area contributed by atoms with Crippen molar-refractivity contribution >= 4 is 6.21 Å². The van der Waals surface area contributed by atoms with Crippen molar-refractivity contribution in [3.8, 4) is 0 Å². The topological polar surface area (TPSA) is 38.4 Å². The SMILES string of the molecule is C/C=N/Cc1ccc(CN)cc1. The molecule has 1 aromatic carbocycles. The summed E-state index contributed by atoms with van der Waals surface area (Å²) in [5.74, 6) is 0. The summed E-state index contributed by atoms with van der Waals surface area (Å²) in [6.07, 6.45) is 1.82. The van der Waals surface area contributed by atoms with Crippen molar-refractivity contribution in [2.45, 2.75) is 20.0 Å². The first-order chi connectivity index (χ1) is 5.86. The molecule has 0 unspecified atom stereocenters. The minimum absolute atomic E-state index is 0.608. The van der Waals surface area contributed by atoms with Crippen LogP contribution in [0.2, 0.25) is 0 Å². The Hall–Kier alpha value is -1.15. The van der Waals surface area contributed by atoms with Gasteiger partial charge in [0.05, 0.1) is 6.54 Å². The number of nitrogens with zero attached hydrogens (tertiary/aromatic N) is 1. The Bertz CT molecular complexity index is 249. The van der Waals surface area contributed by atoms with Gasteiger partial charge in [-0.15, -0.1) is 0 Å². The van der Waals surface area contributed by atoms with E-state index in [9.17, 15) is 0 Å². The van der Waals surface area contributed by atoms with Gasteiger partial charge in [0, 0.05) is 6.54 Å². The molecule has 2 heteroatoms. The van der Waals surface area contributed by atoms with Crippen LogP contribution < -0.4 is 5.73 Å². The van der Waals surface area contributed by atoms with Crippen molar-refractivity contribution in [3.63, 3.8) is 0 Å². The second-order valence-electron chi connectivity index (χ2n) is 2.62. The van der Waals surface area contributed by atoms with E-state index >= 15 is 0 Å². The number of hydrogen-bond donors (Lipinski definition) is 1. The molecule has 0 fully saturated rings. The van der Waals surface area contributed by atoms with Crippen LogP contribution in [0.3, 0.4) is 0 Å². The third kappa shape index (κ3) is 2.47. The molecule has 0 radical (unpaired) electrons. The van der Waals surface area contributed by atoms with Gasteiger partial charge in [-0.05, 0) is 24.3 Å². The van der Waals surface area contributed by atoms with Gasteiger partial charge in [-0.2, -0.15) is 0 Å². The maximum Gasteiger partial charge on any atom is 0.0635 e. The molecular weight excluding hydrogens is 148 g/mol. The van der Waals surface area contributed by atoms with Crippen LogP contribution in [0.15, 0.2) is 29.3 Å². The predicted octanol–water partition coefficient (Wildman–Crippen LogP) is 1.74. The standard InChI is InChI=1S/C10H14N2/c1-2-12-8-10-5-3-9(7-11)4-6-10/h2-6H,7-8,11H2,1H3/b12-2+. The average Bonchev–Trinajstić information content (AvgIpc) is 2.15. The van der Waals surface area contributed by atoms with Crippen LogP contribution in [-0.2, 0) is 13.1 Å². The molecule has 0 aliphatic rings. The fourth-order valence-corrected chi connectivity index (χ4v) is 0.977. The smallest absolute Gasteiger partial charge is 0.0635 e. The summed E-state index contributed by atoms with van der Waals surface area (Å²) in [5, 5.41) is 0. The monoisotopic (exact) mass is 162 g/mol. The van der Waals surface area contributed by atoms with Crippen LogP contribution in [0.1, 0.15) is 18.1 Å². The highest BCUT2D eigenvalue weighted by Crippen LogP contribution is 2.04. The summed E-state index contributed by atoms with van der Waals surface area (Å²) in [5.41, 5.74) is 7.86. The van der Waals surface area contributed by atoms with Gasteiger partial charge in [-0.1, -0.05) is 24.3 Å². The molecule has 0 bridgehead atoms. The average molecular weight is 162 g/mol. The Balaban J connectivity index is 2.64. The van der Waals surface area contributed by atoms with Gasteiger partial charge in [-0.3, -0.25) is 4.99 Å². The summed E-state index contributed by atoms with van der Waals surface area (Å²) < 4.78 is 0. The zero-order valence-corrected chi connectivity index (χ0v) is 7.33. The van der Waals surface area contributed by atoms with Crippen LogP contribution in [0.5, 0.6) is 0 Å². The highest BCUT2D eigenvalue weighted by atomic mass is 14.7. The Kier molecular flexibility index (Phi) is 3.48. The molecule has 64 valence electrons. The summed E-state index contributed by atoms with van der Waals surface area (Å²) in [6, 6.07) is 8.21. The predicted molar refractivity (Wildman–Crippen MR) is 52.2 cm³/mol. The van der Waals surface area contributed by atoms with Crippen molar-refractivity contribution in [2.24, 2.45) is 10.7 Å². The number of rotatable bonds is 3. The molecule has 0 heterocycles. The molecule has 0 aliphatic carbocycles. The van der Waals surface area contributed by atoms with E-state index in [0.717, 1.165) is 6.54 Å². The summed E-state index contributed by atoms with van der Waals surface area (Å²) in [7, 11) is 0. The molecule has 12 heavy (non-hydrogen) atoms. The summed E-state index contributed by atoms with van der Waals surface area (Å²) >= 11 is 0. The zero-order valence-electron chi connectivity index (χ0n) is 7.33.